The minimum atomic E-state index is -0.734. The van der Waals surface area contributed by atoms with Crippen LogP contribution in [0.25, 0.3) is 11.3 Å². The molecule has 6 heteroatoms. The summed E-state index contributed by atoms with van der Waals surface area (Å²) in [7, 11) is 0. The van der Waals surface area contributed by atoms with Crippen LogP contribution in [-0.4, -0.2) is 27.6 Å². The number of anilines is 3. The minimum Gasteiger partial charge on any atom is -0.481 e. The molecule has 6 nitrogen and oxygen atoms in total. The quantitative estimate of drug-likeness (QED) is 0.436. The van der Waals surface area contributed by atoms with Crippen molar-refractivity contribution >= 4 is 23.4 Å². The number of aliphatic carboxylic acids is 1. The van der Waals surface area contributed by atoms with Crippen LogP contribution in [0.2, 0.25) is 0 Å². The number of aromatic nitrogens is 2. The van der Waals surface area contributed by atoms with Crippen LogP contribution in [0, 0.1) is 5.41 Å². The third kappa shape index (κ3) is 4.74. The zero-order valence-electron chi connectivity index (χ0n) is 18.9. The van der Waals surface area contributed by atoms with E-state index in [4.69, 9.17) is 4.98 Å². The fraction of sp³-hybridized carbons (Fsp3) is 0.346. The smallest absolute Gasteiger partial charge is 0.314 e. The summed E-state index contributed by atoms with van der Waals surface area (Å²) in [5.41, 5.74) is 2.93. The van der Waals surface area contributed by atoms with Gasteiger partial charge in [-0.25, -0.2) is 4.98 Å². The highest BCUT2D eigenvalue weighted by Gasteiger charge is 2.45. The fourth-order valence-corrected chi connectivity index (χ4v) is 3.87. The monoisotopic (exact) mass is 430 g/mol. The van der Waals surface area contributed by atoms with E-state index in [1.807, 2.05) is 60.7 Å². The van der Waals surface area contributed by atoms with Gasteiger partial charge in [-0.15, -0.1) is 0 Å². The molecular formula is C26H30N4O2. The molecule has 1 saturated carbocycles. The Bertz CT molecular complexity index is 1090. The summed E-state index contributed by atoms with van der Waals surface area (Å²) in [5, 5.41) is 16.4. The molecule has 0 amide bonds. The SMILES string of the molecule is CC(C)(C)CNc1nc(Nc2ccc(C3(C(=O)O)CCC3)cc2)cc(-c2ccccc2)n1. The molecule has 1 aliphatic carbocycles. The van der Waals surface area contributed by atoms with Crippen LogP contribution in [0.5, 0.6) is 0 Å². The Kier molecular flexibility index (Phi) is 5.87. The number of hydrogen-bond acceptors (Lipinski definition) is 5. The van der Waals surface area contributed by atoms with E-state index in [1.165, 1.54) is 0 Å². The van der Waals surface area contributed by atoms with E-state index in [2.05, 4.69) is 36.4 Å². The summed E-state index contributed by atoms with van der Waals surface area (Å²) < 4.78 is 0. The third-order valence-electron chi connectivity index (χ3n) is 5.90. The second kappa shape index (κ2) is 8.61. The second-order valence-electron chi connectivity index (χ2n) is 9.69. The van der Waals surface area contributed by atoms with Gasteiger partial charge in [-0.05, 0) is 36.0 Å². The molecule has 0 aliphatic heterocycles. The van der Waals surface area contributed by atoms with Crippen molar-refractivity contribution in [1.82, 2.24) is 9.97 Å². The van der Waals surface area contributed by atoms with E-state index in [-0.39, 0.29) is 5.41 Å². The molecule has 3 N–H and O–H groups in total. The lowest BCUT2D eigenvalue weighted by molar-refractivity contribution is -0.147. The van der Waals surface area contributed by atoms with Crippen molar-refractivity contribution in [3.8, 4) is 11.3 Å². The van der Waals surface area contributed by atoms with Crippen LogP contribution < -0.4 is 10.6 Å². The molecule has 1 aromatic heterocycles. The van der Waals surface area contributed by atoms with E-state index in [1.54, 1.807) is 0 Å². The Balaban J connectivity index is 1.60. The van der Waals surface area contributed by atoms with Crippen LogP contribution in [0.15, 0.2) is 60.7 Å². The van der Waals surface area contributed by atoms with Crippen LogP contribution in [0.1, 0.15) is 45.6 Å². The molecule has 0 bridgehead atoms. The summed E-state index contributed by atoms with van der Waals surface area (Å²) in [5.74, 6) is 0.515. The van der Waals surface area contributed by atoms with Gasteiger partial charge in [0.1, 0.15) is 5.82 Å². The van der Waals surface area contributed by atoms with Gasteiger partial charge in [0.25, 0.3) is 0 Å². The number of hydrogen-bond donors (Lipinski definition) is 3. The molecule has 0 unspecified atom stereocenters. The molecule has 4 rings (SSSR count). The van der Waals surface area contributed by atoms with Crippen molar-refractivity contribution in [1.29, 1.82) is 0 Å². The summed E-state index contributed by atoms with van der Waals surface area (Å²) in [6, 6.07) is 19.6. The number of carboxylic acid groups (broad SMARTS) is 1. The zero-order chi connectivity index (χ0) is 22.8. The standard InChI is InChI=1S/C26H30N4O2/c1-25(2,3)17-27-24-29-21(18-8-5-4-6-9-18)16-22(30-24)28-20-12-10-19(11-13-20)26(23(31)32)14-7-15-26/h4-6,8-13,16H,7,14-15,17H2,1-3H3,(H,31,32)(H2,27,28,29,30). The summed E-state index contributed by atoms with van der Waals surface area (Å²) >= 11 is 0. The average Bonchev–Trinajstić information content (AvgIpc) is 2.72. The molecule has 1 aliphatic rings. The topological polar surface area (TPSA) is 87.1 Å². The molecular weight excluding hydrogens is 400 g/mol. The van der Waals surface area contributed by atoms with E-state index in [9.17, 15) is 9.90 Å². The molecule has 0 spiro atoms. The molecule has 0 radical (unpaired) electrons. The van der Waals surface area contributed by atoms with Gasteiger partial charge >= 0.3 is 5.97 Å². The van der Waals surface area contributed by atoms with Gasteiger partial charge in [0.05, 0.1) is 11.1 Å². The van der Waals surface area contributed by atoms with Crippen molar-refractivity contribution < 1.29 is 9.90 Å². The lowest BCUT2D eigenvalue weighted by Crippen LogP contribution is -2.42. The van der Waals surface area contributed by atoms with Gasteiger partial charge in [0.15, 0.2) is 0 Å². The van der Waals surface area contributed by atoms with E-state index in [0.717, 1.165) is 35.5 Å². The molecule has 166 valence electrons. The number of carboxylic acids is 1. The minimum absolute atomic E-state index is 0.0944. The molecule has 1 fully saturated rings. The van der Waals surface area contributed by atoms with Gasteiger partial charge in [0.2, 0.25) is 5.95 Å². The van der Waals surface area contributed by atoms with Crippen molar-refractivity contribution in [2.75, 3.05) is 17.2 Å². The van der Waals surface area contributed by atoms with Gasteiger partial charge in [-0.3, -0.25) is 4.79 Å². The summed E-state index contributed by atoms with van der Waals surface area (Å²) in [6.07, 6.45) is 2.36. The van der Waals surface area contributed by atoms with Crippen LogP contribution in [-0.2, 0) is 10.2 Å². The van der Waals surface area contributed by atoms with Crippen LogP contribution in [0.4, 0.5) is 17.5 Å². The van der Waals surface area contributed by atoms with E-state index in [0.29, 0.717) is 24.6 Å². The first-order valence-electron chi connectivity index (χ1n) is 11.0. The van der Waals surface area contributed by atoms with Crippen LogP contribution in [0.3, 0.4) is 0 Å². The predicted octanol–water partition coefficient (Wildman–Crippen LogP) is 5.85. The van der Waals surface area contributed by atoms with Crippen molar-refractivity contribution in [3.05, 3.63) is 66.2 Å². The largest absolute Gasteiger partial charge is 0.481 e. The van der Waals surface area contributed by atoms with Gasteiger partial charge in [0, 0.05) is 23.9 Å². The maximum absolute atomic E-state index is 11.8. The molecule has 0 saturated heterocycles. The lowest BCUT2D eigenvalue weighted by Gasteiger charge is -2.38. The Labute approximate surface area is 189 Å². The Morgan fingerprint density at radius 1 is 1.03 bits per heavy atom. The number of rotatable bonds is 7. The fourth-order valence-electron chi connectivity index (χ4n) is 3.87. The first-order chi connectivity index (χ1) is 15.2. The predicted molar refractivity (Wildman–Crippen MR) is 128 cm³/mol. The van der Waals surface area contributed by atoms with E-state index < -0.39 is 11.4 Å². The zero-order valence-corrected chi connectivity index (χ0v) is 18.9. The Morgan fingerprint density at radius 3 is 2.28 bits per heavy atom. The highest BCUT2D eigenvalue weighted by Crippen LogP contribution is 2.44. The number of carbonyl (C=O) groups is 1. The second-order valence-corrected chi connectivity index (χ2v) is 9.69. The third-order valence-corrected chi connectivity index (χ3v) is 5.90. The normalized spacial score (nSPS) is 15.0. The highest BCUT2D eigenvalue weighted by molar-refractivity contribution is 5.83. The summed E-state index contributed by atoms with van der Waals surface area (Å²) in [6.45, 7) is 7.23. The molecule has 2 aromatic carbocycles. The Morgan fingerprint density at radius 2 is 1.72 bits per heavy atom. The van der Waals surface area contributed by atoms with Gasteiger partial charge < -0.3 is 15.7 Å². The van der Waals surface area contributed by atoms with E-state index >= 15 is 0 Å². The highest BCUT2D eigenvalue weighted by atomic mass is 16.4. The van der Waals surface area contributed by atoms with Crippen LogP contribution >= 0.6 is 0 Å². The lowest BCUT2D eigenvalue weighted by atomic mass is 9.64. The van der Waals surface area contributed by atoms with Gasteiger partial charge in [-0.2, -0.15) is 4.98 Å². The first-order valence-corrected chi connectivity index (χ1v) is 11.0. The van der Waals surface area contributed by atoms with Gasteiger partial charge in [-0.1, -0.05) is 69.7 Å². The molecule has 3 aromatic rings. The Hall–Kier alpha value is -3.41. The van der Waals surface area contributed by atoms with Crippen molar-refractivity contribution in [2.24, 2.45) is 5.41 Å². The molecule has 1 heterocycles. The average molecular weight is 431 g/mol. The maximum Gasteiger partial charge on any atom is 0.314 e. The van der Waals surface area contributed by atoms with Crippen molar-refractivity contribution in [2.45, 2.75) is 45.4 Å². The van der Waals surface area contributed by atoms with Crippen molar-refractivity contribution in [3.63, 3.8) is 0 Å². The maximum atomic E-state index is 11.8. The molecule has 0 atom stereocenters. The number of nitrogens with zero attached hydrogens (tertiary/aromatic N) is 2. The summed E-state index contributed by atoms with van der Waals surface area (Å²) in [4.78, 5) is 21.1. The number of benzene rings is 2. The molecule has 32 heavy (non-hydrogen) atoms. The first kappa shape index (κ1) is 21.8. The number of nitrogens with one attached hydrogen (secondary N) is 2.